The summed E-state index contributed by atoms with van der Waals surface area (Å²) < 4.78 is 91.0. The first-order chi connectivity index (χ1) is 37.6. The number of aromatic nitrogens is 2. The standard InChI is InChI=1S/C58H52Cl2F2N8O7S2/c1-36-26-40(55(71)68-20-18-67(19-21-68)35-37-27-45(59)33-46(60)28-37)9-15-49(36)65-79(76,77)52-32-42(29-39-7-5-17-63-54(39)52)43-30-38-6-4-8-51(53(38)64-34-43)78(74,75)66-50-16-10-41(31-48(50)62)56(72)69-22-24-70(25-23-69)57(73)58(2,3)44-11-13-47(61)14-12-44/h4-17,26-34,65-66H,18-25,35H2,1-3H3. The van der Waals surface area contributed by atoms with Crippen LogP contribution < -0.4 is 9.44 Å². The molecular formula is C58H52Cl2F2N8O7S2. The van der Waals surface area contributed by atoms with Crippen LogP contribution in [0.4, 0.5) is 20.2 Å². The molecule has 0 spiro atoms. The van der Waals surface area contributed by atoms with Gasteiger partial charge in [0, 0.05) is 109 Å². The number of amides is 3. The highest BCUT2D eigenvalue weighted by molar-refractivity contribution is 7.93. The minimum absolute atomic E-state index is 0.0142. The normalized spacial score (nSPS) is 14.6. The van der Waals surface area contributed by atoms with Gasteiger partial charge in [0.1, 0.15) is 21.4 Å². The van der Waals surface area contributed by atoms with Gasteiger partial charge in [0.05, 0.1) is 27.8 Å². The van der Waals surface area contributed by atoms with Gasteiger partial charge < -0.3 is 14.7 Å². The number of pyridine rings is 2. The molecule has 2 aromatic heterocycles. The number of aryl methyl sites for hydroxylation is 1. The van der Waals surface area contributed by atoms with Gasteiger partial charge in [0.25, 0.3) is 31.9 Å². The number of halogens is 4. The zero-order valence-electron chi connectivity index (χ0n) is 43.0. The van der Waals surface area contributed by atoms with Crippen LogP contribution >= 0.6 is 23.2 Å². The summed E-state index contributed by atoms with van der Waals surface area (Å²) in [7, 11) is -8.82. The summed E-state index contributed by atoms with van der Waals surface area (Å²) in [4.78, 5) is 56.4. The number of anilines is 2. The Labute approximate surface area is 465 Å². The summed E-state index contributed by atoms with van der Waals surface area (Å²) >= 11 is 12.4. The number of sulfonamides is 2. The molecule has 0 bridgehead atoms. The molecule has 0 atom stereocenters. The van der Waals surface area contributed by atoms with E-state index in [0.717, 1.165) is 11.6 Å². The van der Waals surface area contributed by atoms with Gasteiger partial charge in [0.2, 0.25) is 5.91 Å². The molecule has 6 aromatic carbocycles. The SMILES string of the molecule is Cc1cc(C(=O)N2CCN(Cc3cc(Cl)cc(Cl)c3)CC2)ccc1NS(=O)(=O)c1cc(-c2cnc3c(S(=O)(=O)Nc4ccc(C(=O)N5CCN(C(=O)C(C)(C)c6ccc(F)cc6)CC5)cc4F)cccc3c2)cc2cccnc12. The molecule has 2 saturated heterocycles. The number of rotatable bonds is 13. The van der Waals surface area contributed by atoms with E-state index in [0.29, 0.717) is 81.4 Å². The van der Waals surface area contributed by atoms with Gasteiger partial charge in [-0.15, -0.1) is 0 Å². The first-order valence-corrected chi connectivity index (χ1v) is 28.9. The number of piperazine rings is 2. The van der Waals surface area contributed by atoms with Crippen LogP contribution in [-0.4, -0.2) is 116 Å². The molecule has 10 rings (SSSR count). The summed E-state index contributed by atoms with van der Waals surface area (Å²) in [5, 5.41) is 2.01. The maximum atomic E-state index is 15.8. The molecule has 4 heterocycles. The van der Waals surface area contributed by atoms with E-state index in [1.54, 1.807) is 97.3 Å². The van der Waals surface area contributed by atoms with Crippen LogP contribution in [0.1, 0.15) is 51.3 Å². The Morgan fingerprint density at radius 3 is 1.80 bits per heavy atom. The Hall–Kier alpha value is -7.55. The molecule has 2 aliphatic rings. The topological polar surface area (TPSA) is 182 Å². The van der Waals surface area contributed by atoms with Gasteiger partial charge in [-0.2, -0.15) is 0 Å². The molecule has 15 nitrogen and oxygen atoms in total. The van der Waals surface area contributed by atoms with E-state index in [4.69, 9.17) is 23.2 Å². The van der Waals surface area contributed by atoms with Crippen molar-refractivity contribution in [3.8, 4) is 11.1 Å². The number of hydrogen-bond donors (Lipinski definition) is 2. The van der Waals surface area contributed by atoms with Gasteiger partial charge in [-0.3, -0.25) is 38.7 Å². The molecular weight excluding hydrogens is 1090 g/mol. The van der Waals surface area contributed by atoms with Gasteiger partial charge in [0.15, 0.2) is 0 Å². The zero-order valence-corrected chi connectivity index (χ0v) is 46.2. The average molecular weight is 1150 g/mol. The van der Waals surface area contributed by atoms with Crippen LogP contribution in [0, 0.1) is 18.6 Å². The monoisotopic (exact) mass is 1140 g/mol. The first-order valence-electron chi connectivity index (χ1n) is 25.2. The molecule has 0 saturated carbocycles. The van der Waals surface area contributed by atoms with Gasteiger partial charge in [-0.25, -0.2) is 25.6 Å². The lowest BCUT2D eigenvalue weighted by Crippen LogP contribution is -2.54. The molecule has 3 amide bonds. The third-order valence-electron chi connectivity index (χ3n) is 14.4. The number of carbonyl (C=O) groups excluding carboxylic acids is 3. The van der Waals surface area contributed by atoms with Crippen molar-refractivity contribution in [2.24, 2.45) is 0 Å². The highest BCUT2D eigenvalue weighted by atomic mass is 35.5. The van der Waals surface area contributed by atoms with E-state index in [2.05, 4.69) is 24.3 Å². The van der Waals surface area contributed by atoms with Crippen molar-refractivity contribution < 1.29 is 40.0 Å². The predicted molar refractivity (Wildman–Crippen MR) is 301 cm³/mol. The highest BCUT2D eigenvalue weighted by Gasteiger charge is 2.36. The molecule has 406 valence electrons. The van der Waals surface area contributed by atoms with E-state index < -0.39 is 48.7 Å². The highest BCUT2D eigenvalue weighted by Crippen LogP contribution is 2.35. The van der Waals surface area contributed by atoms with Crippen LogP contribution in [0.5, 0.6) is 0 Å². The number of fused-ring (bicyclic) bond motifs is 2. The van der Waals surface area contributed by atoms with Crippen molar-refractivity contribution in [3.63, 3.8) is 0 Å². The minimum Gasteiger partial charge on any atom is -0.338 e. The van der Waals surface area contributed by atoms with Crippen LogP contribution in [0.25, 0.3) is 32.9 Å². The molecule has 2 N–H and O–H groups in total. The fraction of sp³-hybridized carbons (Fsp3) is 0.224. The van der Waals surface area contributed by atoms with Crippen LogP contribution in [0.15, 0.2) is 150 Å². The second-order valence-electron chi connectivity index (χ2n) is 20.1. The summed E-state index contributed by atoms with van der Waals surface area (Å²) in [6.45, 7) is 8.96. The molecule has 79 heavy (non-hydrogen) atoms. The Morgan fingerprint density at radius 1 is 0.595 bits per heavy atom. The van der Waals surface area contributed by atoms with E-state index in [1.807, 2.05) is 12.1 Å². The number of nitrogens with zero attached hydrogens (tertiary/aromatic N) is 6. The Balaban J connectivity index is 0.812. The maximum absolute atomic E-state index is 15.8. The molecule has 0 aliphatic carbocycles. The fourth-order valence-electron chi connectivity index (χ4n) is 10.0. The quantitative estimate of drug-likeness (QED) is 0.113. The number of nitrogens with one attached hydrogen (secondary N) is 2. The summed E-state index contributed by atoms with van der Waals surface area (Å²) in [5.74, 6) is -2.25. The van der Waals surface area contributed by atoms with Crippen molar-refractivity contribution in [3.05, 3.63) is 189 Å². The number of hydrogen-bond acceptors (Lipinski definition) is 10. The van der Waals surface area contributed by atoms with Crippen LogP contribution in [0.2, 0.25) is 10.0 Å². The lowest BCUT2D eigenvalue weighted by atomic mass is 9.83. The zero-order chi connectivity index (χ0) is 56.0. The van der Waals surface area contributed by atoms with E-state index >= 15 is 4.39 Å². The van der Waals surface area contributed by atoms with Gasteiger partial charge in [-0.05, 0) is 140 Å². The van der Waals surface area contributed by atoms with E-state index in [1.165, 1.54) is 59.8 Å². The Morgan fingerprint density at radius 2 is 1.15 bits per heavy atom. The minimum atomic E-state index is -4.49. The molecule has 2 fully saturated rings. The molecule has 2 aliphatic heterocycles. The third kappa shape index (κ3) is 11.6. The molecule has 21 heteroatoms. The van der Waals surface area contributed by atoms with Crippen molar-refractivity contribution in [1.29, 1.82) is 0 Å². The summed E-state index contributed by atoms with van der Waals surface area (Å²) in [5.41, 5.74) is 2.63. The van der Waals surface area contributed by atoms with Gasteiger partial charge in [-0.1, -0.05) is 53.5 Å². The smallest absolute Gasteiger partial charge is 0.264 e. The number of para-hydroxylation sites is 1. The summed E-state index contributed by atoms with van der Waals surface area (Å²) in [6, 6.07) is 32.2. The van der Waals surface area contributed by atoms with Crippen molar-refractivity contribution in [1.82, 2.24) is 29.6 Å². The first kappa shape index (κ1) is 54.8. The maximum Gasteiger partial charge on any atom is 0.264 e. The summed E-state index contributed by atoms with van der Waals surface area (Å²) in [6.07, 6.45) is 2.91. The molecule has 0 radical (unpaired) electrons. The third-order valence-corrected chi connectivity index (χ3v) is 17.6. The lowest BCUT2D eigenvalue weighted by molar-refractivity contribution is -0.137. The van der Waals surface area contributed by atoms with Crippen LogP contribution in [0.3, 0.4) is 0 Å². The average Bonchev–Trinajstić information content (AvgIpc) is 3.43. The lowest BCUT2D eigenvalue weighted by Gasteiger charge is -2.38. The van der Waals surface area contributed by atoms with Crippen LogP contribution in [-0.2, 0) is 36.8 Å². The van der Waals surface area contributed by atoms with E-state index in [-0.39, 0.29) is 70.1 Å². The fourth-order valence-corrected chi connectivity index (χ4v) is 13.2. The van der Waals surface area contributed by atoms with E-state index in [9.17, 15) is 35.6 Å². The number of carbonyl (C=O) groups is 3. The van der Waals surface area contributed by atoms with Crippen molar-refractivity contribution >= 4 is 94.2 Å². The van der Waals surface area contributed by atoms with Crippen molar-refractivity contribution in [2.45, 2.75) is 42.5 Å². The van der Waals surface area contributed by atoms with Gasteiger partial charge >= 0.3 is 0 Å². The Kier molecular flexibility index (Phi) is 15.2. The Bertz CT molecular complexity index is 3950. The van der Waals surface area contributed by atoms with Crippen molar-refractivity contribution in [2.75, 3.05) is 61.8 Å². The predicted octanol–water partition coefficient (Wildman–Crippen LogP) is 10.2. The largest absolute Gasteiger partial charge is 0.338 e. The number of benzene rings is 6. The molecule has 8 aromatic rings. The molecule has 0 unspecified atom stereocenters. The second-order valence-corrected chi connectivity index (χ2v) is 24.3. The second kappa shape index (κ2) is 21.9.